The molecule has 2 aliphatic rings. The minimum atomic E-state index is -0.724. The van der Waals surface area contributed by atoms with Gasteiger partial charge in [-0.25, -0.2) is 15.0 Å². The maximum Gasteiger partial charge on any atom is 0.164 e. The van der Waals surface area contributed by atoms with E-state index in [2.05, 4.69) is 196 Å². The number of nitriles is 1. The molecule has 2 aliphatic carbocycles. The molecule has 0 saturated heterocycles. The first-order valence-electron chi connectivity index (χ1n) is 20.7. The van der Waals surface area contributed by atoms with E-state index in [0.717, 1.165) is 44.2 Å². The molecule has 2 N–H and O–H groups in total. The van der Waals surface area contributed by atoms with Gasteiger partial charge in [0.2, 0.25) is 0 Å². The van der Waals surface area contributed by atoms with Crippen molar-refractivity contribution in [2.45, 2.75) is 31.2 Å². The summed E-state index contributed by atoms with van der Waals surface area (Å²) in [4.78, 5) is 16.1. The summed E-state index contributed by atoms with van der Waals surface area (Å²) in [6.45, 7) is 4.49. The van der Waals surface area contributed by atoms with Crippen LogP contribution in [0.5, 0.6) is 0 Å². The van der Waals surface area contributed by atoms with E-state index in [1.54, 1.807) is 0 Å². The fourth-order valence-electron chi connectivity index (χ4n) is 9.69. The second-order valence-electron chi connectivity index (χ2n) is 16.2. The van der Waals surface area contributed by atoms with E-state index in [1.807, 2.05) is 12.1 Å². The third kappa shape index (κ3) is 6.16. The maximum absolute atomic E-state index is 9.92. The zero-order valence-corrected chi connectivity index (χ0v) is 33.6. The number of fused-ring (bicyclic) bond motifs is 4. The van der Waals surface area contributed by atoms with Crippen molar-refractivity contribution >= 4 is 16.3 Å². The highest BCUT2D eigenvalue weighted by atomic mass is 15.0. The van der Waals surface area contributed by atoms with Crippen molar-refractivity contribution in [1.29, 1.82) is 5.26 Å². The van der Waals surface area contributed by atoms with Gasteiger partial charge in [0.1, 0.15) is 6.04 Å². The molecule has 1 aromatic heterocycles. The zero-order valence-electron chi connectivity index (χ0n) is 33.6. The molecule has 288 valence electrons. The zero-order chi connectivity index (χ0) is 40.8. The molecule has 0 fully saturated rings. The number of benzene rings is 7. The Hall–Kier alpha value is -7.26. The highest BCUT2D eigenvalue weighted by Gasteiger charge is 2.54. The quantitative estimate of drug-likeness (QED) is 0.166. The van der Waals surface area contributed by atoms with Gasteiger partial charge in [0.05, 0.1) is 11.5 Å². The van der Waals surface area contributed by atoms with Crippen molar-refractivity contribution in [3.8, 4) is 40.0 Å². The van der Waals surface area contributed by atoms with Gasteiger partial charge >= 0.3 is 0 Å². The Bertz CT molecular complexity index is 2940. The van der Waals surface area contributed by atoms with Crippen molar-refractivity contribution in [3.63, 3.8) is 0 Å². The summed E-state index contributed by atoms with van der Waals surface area (Å²) in [5, 5.41) is 12.1. The summed E-state index contributed by atoms with van der Waals surface area (Å²) in [5.41, 5.74) is 17.8. The summed E-state index contributed by atoms with van der Waals surface area (Å²) >= 11 is 0. The lowest BCUT2D eigenvalue weighted by atomic mass is 9.62. The Morgan fingerprint density at radius 2 is 1.17 bits per heavy atom. The first kappa shape index (κ1) is 37.0. The predicted octanol–water partition coefficient (Wildman–Crippen LogP) is 12.3. The van der Waals surface area contributed by atoms with Crippen LogP contribution in [0.4, 0.5) is 0 Å². The first-order chi connectivity index (χ1) is 29.4. The molecule has 3 unspecified atom stereocenters. The van der Waals surface area contributed by atoms with Crippen LogP contribution in [0.15, 0.2) is 194 Å². The average Bonchev–Trinajstić information content (AvgIpc) is 3.60. The van der Waals surface area contributed by atoms with Gasteiger partial charge < -0.3 is 5.73 Å². The summed E-state index contributed by atoms with van der Waals surface area (Å²) in [7, 11) is 0. The average molecular weight is 774 g/mol. The smallest absolute Gasteiger partial charge is 0.164 e. The Labute approximate surface area is 351 Å². The SMILES string of the molecule is CC(C)C1=CC2c3cc(C(N)C#N)ccc3C(c3ccccc3)(c3ccccc3)C2C=C1c1nc(-c2ccc(-c3ccccc3)cc2)nc(-c2cccc3ccccc23)n1. The van der Waals surface area contributed by atoms with Gasteiger partial charge in [-0.3, -0.25) is 0 Å². The van der Waals surface area contributed by atoms with Crippen LogP contribution in [-0.4, -0.2) is 15.0 Å². The minimum Gasteiger partial charge on any atom is -0.312 e. The molecule has 0 amide bonds. The van der Waals surface area contributed by atoms with Crippen LogP contribution >= 0.6 is 0 Å². The molecule has 7 aromatic carbocycles. The van der Waals surface area contributed by atoms with Crippen molar-refractivity contribution in [3.05, 3.63) is 227 Å². The molecule has 60 heavy (non-hydrogen) atoms. The number of nitrogens with two attached hydrogens (primary N) is 1. The van der Waals surface area contributed by atoms with E-state index in [-0.39, 0.29) is 17.8 Å². The normalized spacial score (nSPS) is 17.0. The first-order valence-corrected chi connectivity index (χ1v) is 20.7. The van der Waals surface area contributed by atoms with Crippen molar-refractivity contribution in [2.75, 3.05) is 0 Å². The molecule has 0 spiro atoms. The molecule has 0 aliphatic heterocycles. The summed E-state index contributed by atoms with van der Waals surface area (Å²) in [5.74, 6) is 1.99. The largest absolute Gasteiger partial charge is 0.312 e. The fourth-order valence-corrected chi connectivity index (χ4v) is 9.69. The highest BCUT2D eigenvalue weighted by Crippen LogP contribution is 2.61. The molecule has 5 nitrogen and oxygen atoms in total. The number of hydrogen-bond donors (Lipinski definition) is 1. The Morgan fingerprint density at radius 3 is 1.85 bits per heavy atom. The van der Waals surface area contributed by atoms with E-state index in [9.17, 15) is 5.26 Å². The van der Waals surface area contributed by atoms with E-state index in [4.69, 9.17) is 20.7 Å². The Balaban J connectivity index is 1.23. The van der Waals surface area contributed by atoms with Crippen molar-refractivity contribution in [2.24, 2.45) is 17.6 Å². The standard InChI is InChI=1S/C55H43N5/c1-35(2)45-32-47-46-31-40(51(57)34-56)29-30-49(46)55(41-19-8-4-9-20-41,42-21-10-5-11-22-42)50(47)33-48(45)54-59-52(39-27-25-37(26-28-39)36-15-6-3-7-16-36)58-53(60-54)44-24-14-18-38-17-12-13-23-43(38)44/h3-33,35,47,50-51H,57H2,1-2H3. The van der Waals surface area contributed by atoms with E-state index in [0.29, 0.717) is 17.5 Å². The maximum atomic E-state index is 9.92. The van der Waals surface area contributed by atoms with E-state index in [1.165, 1.54) is 27.8 Å². The predicted molar refractivity (Wildman–Crippen MR) is 243 cm³/mol. The van der Waals surface area contributed by atoms with Gasteiger partial charge in [-0.05, 0) is 61.2 Å². The monoisotopic (exact) mass is 773 g/mol. The van der Waals surface area contributed by atoms with Gasteiger partial charge in [-0.15, -0.1) is 0 Å². The molecular weight excluding hydrogens is 731 g/mol. The van der Waals surface area contributed by atoms with Gasteiger partial charge in [0.15, 0.2) is 17.5 Å². The second kappa shape index (κ2) is 15.2. The van der Waals surface area contributed by atoms with Gasteiger partial charge in [0, 0.05) is 28.5 Å². The molecule has 10 rings (SSSR count). The number of rotatable bonds is 8. The molecule has 0 radical (unpaired) electrons. The molecular formula is C55H43N5. The highest BCUT2D eigenvalue weighted by molar-refractivity contribution is 5.95. The second-order valence-corrected chi connectivity index (χ2v) is 16.2. The number of aromatic nitrogens is 3. The molecule has 0 bridgehead atoms. The summed E-state index contributed by atoms with van der Waals surface area (Å²) in [6.07, 6.45) is 4.91. The van der Waals surface area contributed by atoms with Crippen LogP contribution in [0.1, 0.15) is 59.4 Å². The topological polar surface area (TPSA) is 88.5 Å². The van der Waals surface area contributed by atoms with Crippen LogP contribution in [0, 0.1) is 23.2 Å². The fraction of sp³-hybridized carbons (Fsp3) is 0.127. The Morgan fingerprint density at radius 1 is 0.583 bits per heavy atom. The van der Waals surface area contributed by atoms with Gasteiger partial charge in [-0.2, -0.15) is 5.26 Å². The number of nitrogens with zero attached hydrogens (tertiary/aromatic N) is 4. The third-order valence-electron chi connectivity index (χ3n) is 12.5. The summed E-state index contributed by atoms with van der Waals surface area (Å²) in [6, 6.07) is 63.4. The van der Waals surface area contributed by atoms with E-state index >= 15 is 0 Å². The lowest BCUT2D eigenvalue weighted by Gasteiger charge is -2.40. The molecule has 8 aromatic rings. The molecule has 0 saturated carbocycles. The van der Waals surface area contributed by atoms with Crippen LogP contribution in [0.2, 0.25) is 0 Å². The van der Waals surface area contributed by atoms with Crippen molar-refractivity contribution < 1.29 is 0 Å². The van der Waals surface area contributed by atoms with Gasteiger partial charge in [0.25, 0.3) is 0 Å². The van der Waals surface area contributed by atoms with Gasteiger partial charge in [-0.1, -0.05) is 202 Å². The molecule has 5 heteroatoms. The molecule has 3 atom stereocenters. The van der Waals surface area contributed by atoms with Crippen LogP contribution in [-0.2, 0) is 5.41 Å². The minimum absolute atomic E-state index is 0.00298. The Kier molecular flexibility index (Phi) is 9.36. The lowest BCUT2D eigenvalue weighted by molar-refractivity contribution is 0.454. The number of allylic oxidation sites excluding steroid dienone is 4. The molecule has 1 heterocycles. The lowest BCUT2D eigenvalue weighted by Crippen LogP contribution is -2.35. The summed E-state index contributed by atoms with van der Waals surface area (Å²) < 4.78 is 0. The van der Waals surface area contributed by atoms with Crippen LogP contribution < -0.4 is 5.73 Å². The van der Waals surface area contributed by atoms with Crippen LogP contribution in [0.25, 0.3) is 50.2 Å². The number of hydrogen-bond acceptors (Lipinski definition) is 5. The third-order valence-corrected chi connectivity index (χ3v) is 12.5. The van der Waals surface area contributed by atoms with Crippen molar-refractivity contribution in [1.82, 2.24) is 15.0 Å². The van der Waals surface area contributed by atoms with Crippen LogP contribution in [0.3, 0.4) is 0 Å². The van der Waals surface area contributed by atoms with E-state index < -0.39 is 11.5 Å².